The van der Waals surface area contributed by atoms with E-state index in [4.69, 9.17) is 0 Å². The number of benzene rings is 4. The predicted molar refractivity (Wildman–Crippen MR) is 204 cm³/mol. The maximum absolute atomic E-state index is 14.3. The van der Waals surface area contributed by atoms with Crippen LogP contribution in [0.5, 0.6) is 0 Å². The van der Waals surface area contributed by atoms with Gasteiger partial charge in [-0.05, 0) is 76.2 Å². The summed E-state index contributed by atoms with van der Waals surface area (Å²) < 4.78 is 1.32. The number of hydrogen-bond acceptors (Lipinski definition) is 4. The molecular weight excluding hydrogens is 707 g/mol. The van der Waals surface area contributed by atoms with Crippen molar-refractivity contribution in [3.8, 4) is 0 Å². The molecule has 0 saturated heterocycles. The molecule has 0 radical (unpaired) electrons. The van der Waals surface area contributed by atoms with Gasteiger partial charge in [0.2, 0.25) is 11.6 Å². The second-order valence-electron chi connectivity index (χ2n) is 13.0. The standard InChI is InChI=1S/C43H51IO4/c44-38-31-22-24-34(33-38)23-14-9-7-5-3-1-2-4-6-8-10-21-32-39(45)40(46)41(47)42(48)43(35-25-15-11-16-26-35,36-27-17-12-18-28-36)37-29-19-13-20-30-37/h11-13,15-20,22,24-31,33,39-40,45-46H,1-10,14,21,23,32H2. The van der Waals surface area contributed by atoms with Crippen molar-refractivity contribution in [1.29, 1.82) is 0 Å². The molecular formula is C43H51IO4. The maximum Gasteiger partial charge on any atom is 0.231 e. The van der Waals surface area contributed by atoms with Crippen molar-refractivity contribution in [2.45, 2.75) is 108 Å². The van der Waals surface area contributed by atoms with Gasteiger partial charge < -0.3 is 10.2 Å². The molecule has 0 fully saturated rings. The van der Waals surface area contributed by atoms with Crippen LogP contribution in [0.2, 0.25) is 0 Å². The van der Waals surface area contributed by atoms with E-state index in [-0.39, 0.29) is 6.42 Å². The Bertz CT molecular complexity index is 1410. The Morgan fingerprint density at radius 3 is 1.40 bits per heavy atom. The SMILES string of the molecule is O=C(C(=O)C(c1ccccc1)(c1ccccc1)c1ccccc1)C(O)C(O)CCCCCCCCCCCCCCc1cccc(I)c1. The summed E-state index contributed by atoms with van der Waals surface area (Å²) >= 11 is 2.38. The van der Waals surface area contributed by atoms with E-state index in [1.54, 1.807) is 0 Å². The lowest BCUT2D eigenvalue weighted by atomic mass is 9.65. The zero-order chi connectivity index (χ0) is 34.0. The number of rotatable bonds is 22. The number of unbranched alkanes of at least 4 members (excludes halogenated alkanes) is 11. The molecule has 0 spiro atoms. The minimum Gasteiger partial charge on any atom is -0.390 e. The van der Waals surface area contributed by atoms with E-state index in [0.717, 1.165) is 19.3 Å². The summed E-state index contributed by atoms with van der Waals surface area (Å²) in [5, 5.41) is 21.8. The van der Waals surface area contributed by atoms with E-state index in [2.05, 4.69) is 46.9 Å². The topological polar surface area (TPSA) is 74.6 Å². The number of hydrogen-bond donors (Lipinski definition) is 2. The molecule has 0 amide bonds. The summed E-state index contributed by atoms with van der Waals surface area (Å²) in [7, 11) is 0. The third kappa shape index (κ3) is 10.7. The van der Waals surface area contributed by atoms with Gasteiger partial charge in [-0.15, -0.1) is 0 Å². The molecule has 0 saturated carbocycles. The first kappa shape index (κ1) is 37.7. The zero-order valence-electron chi connectivity index (χ0n) is 28.1. The highest BCUT2D eigenvalue weighted by atomic mass is 127. The van der Waals surface area contributed by atoms with Gasteiger partial charge in [0.05, 0.1) is 6.10 Å². The van der Waals surface area contributed by atoms with E-state index >= 15 is 0 Å². The Morgan fingerprint density at radius 1 is 0.542 bits per heavy atom. The lowest BCUT2D eigenvalue weighted by Crippen LogP contribution is -2.49. The Morgan fingerprint density at radius 2 is 0.958 bits per heavy atom. The molecule has 4 nitrogen and oxygen atoms in total. The van der Waals surface area contributed by atoms with E-state index < -0.39 is 29.2 Å². The smallest absolute Gasteiger partial charge is 0.231 e. The molecule has 0 aromatic heterocycles. The second kappa shape index (κ2) is 20.4. The number of Topliss-reactive ketones (excluding diaryl/α,β-unsaturated/α-hetero) is 2. The first-order chi connectivity index (χ1) is 23.4. The average Bonchev–Trinajstić information content (AvgIpc) is 3.12. The van der Waals surface area contributed by atoms with Gasteiger partial charge in [-0.3, -0.25) is 9.59 Å². The first-order valence-electron chi connectivity index (χ1n) is 17.8. The predicted octanol–water partition coefficient (Wildman–Crippen LogP) is 9.80. The third-order valence-electron chi connectivity index (χ3n) is 9.42. The van der Waals surface area contributed by atoms with Crippen LogP contribution in [-0.2, 0) is 21.4 Å². The van der Waals surface area contributed by atoms with Gasteiger partial charge in [0, 0.05) is 3.57 Å². The number of ketones is 2. The molecule has 0 bridgehead atoms. The van der Waals surface area contributed by atoms with Crippen LogP contribution in [0.15, 0.2) is 115 Å². The van der Waals surface area contributed by atoms with Gasteiger partial charge >= 0.3 is 0 Å². The number of aliphatic hydroxyl groups is 2. The monoisotopic (exact) mass is 758 g/mol. The third-order valence-corrected chi connectivity index (χ3v) is 10.1. The minimum absolute atomic E-state index is 0.276. The van der Waals surface area contributed by atoms with Crippen molar-refractivity contribution >= 4 is 34.2 Å². The Kier molecular flexibility index (Phi) is 16.0. The summed E-state index contributed by atoms with van der Waals surface area (Å²) in [6.45, 7) is 0. The molecule has 0 aliphatic heterocycles. The highest BCUT2D eigenvalue weighted by Crippen LogP contribution is 2.40. The van der Waals surface area contributed by atoms with E-state index in [1.807, 2.05) is 91.0 Å². The van der Waals surface area contributed by atoms with Crippen LogP contribution in [0.1, 0.15) is 106 Å². The van der Waals surface area contributed by atoms with Gasteiger partial charge in [-0.1, -0.05) is 174 Å². The summed E-state index contributed by atoms with van der Waals surface area (Å²) in [4.78, 5) is 28.0. The number of aliphatic hydroxyl groups excluding tert-OH is 2. The molecule has 0 aliphatic carbocycles. The Balaban J connectivity index is 1.18. The first-order valence-corrected chi connectivity index (χ1v) is 18.9. The number of aryl methyl sites for hydroxylation is 1. The van der Waals surface area contributed by atoms with Gasteiger partial charge in [0.1, 0.15) is 11.5 Å². The van der Waals surface area contributed by atoms with Crippen LogP contribution < -0.4 is 0 Å². The molecule has 48 heavy (non-hydrogen) atoms. The van der Waals surface area contributed by atoms with Crippen LogP contribution >= 0.6 is 22.6 Å². The number of halogens is 1. The van der Waals surface area contributed by atoms with Crippen molar-refractivity contribution in [2.75, 3.05) is 0 Å². The molecule has 4 aromatic carbocycles. The summed E-state index contributed by atoms with van der Waals surface area (Å²) in [5.41, 5.74) is 1.90. The minimum atomic E-state index is -1.78. The molecule has 254 valence electrons. The van der Waals surface area contributed by atoms with E-state index in [1.165, 1.54) is 66.9 Å². The quantitative estimate of drug-likeness (QED) is 0.0363. The Labute approximate surface area is 301 Å². The van der Waals surface area contributed by atoms with Gasteiger partial charge in [0.25, 0.3) is 0 Å². The molecule has 0 heterocycles. The van der Waals surface area contributed by atoms with Crippen LogP contribution in [0, 0.1) is 3.57 Å². The summed E-state index contributed by atoms with van der Waals surface area (Å²) in [6.07, 6.45) is 12.5. The van der Waals surface area contributed by atoms with Gasteiger partial charge in [-0.25, -0.2) is 0 Å². The van der Waals surface area contributed by atoms with Crippen LogP contribution in [0.3, 0.4) is 0 Å². The van der Waals surface area contributed by atoms with E-state index in [9.17, 15) is 19.8 Å². The fourth-order valence-corrected chi connectivity index (χ4v) is 7.36. The summed E-state index contributed by atoms with van der Waals surface area (Å²) in [5.74, 6) is -1.72. The summed E-state index contributed by atoms with van der Waals surface area (Å²) in [6, 6.07) is 36.5. The Hall–Kier alpha value is -3.13. The van der Waals surface area contributed by atoms with Gasteiger partial charge in [-0.2, -0.15) is 0 Å². The van der Waals surface area contributed by atoms with Gasteiger partial charge in [0.15, 0.2) is 0 Å². The molecule has 0 aliphatic rings. The van der Waals surface area contributed by atoms with Crippen molar-refractivity contribution in [2.24, 2.45) is 0 Å². The highest BCUT2D eigenvalue weighted by molar-refractivity contribution is 14.1. The lowest BCUT2D eigenvalue weighted by molar-refractivity contribution is -0.147. The molecule has 2 N–H and O–H groups in total. The lowest BCUT2D eigenvalue weighted by Gasteiger charge is -2.34. The molecule has 5 heteroatoms. The number of carbonyl (C=O) groups excluding carboxylic acids is 2. The molecule has 2 unspecified atom stereocenters. The number of carbonyl (C=O) groups is 2. The largest absolute Gasteiger partial charge is 0.390 e. The second-order valence-corrected chi connectivity index (χ2v) is 14.2. The fourth-order valence-electron chi connectivity index (χ4n) is 6.75. The van der Waals surface area contributed by atoms with Crippen molar-refractivity contribution in [3.05, 3.63) is 141 Å². The van der Waals surface area contributed by atoms with Crippen LogP contribution in [0.25, 0.3) is 0 Å². The molecule has 2 atom stereocenters. The maximum atomic E-state index is 14.3. The normalized spacial score (nSPS) is 12.8. The zero-order valence-corrected chi connectivity index (χ0v) is 30.3. The van der Waals surface area contributed by atoms with Crippen molar-refractivity contribution < 1.29 is 19.8 Å². The average molecular weight is 759 g/mol. The van der Waals surface area contributed by atoms with Crippen molar-refractivity contribution in [1.82, 2.24) is 0 Å². The van der Waals surface area contributed by atoms with E-state index in [0.29, 0.717) is 23.1 Å². The van der Waals surface area contributed by atoms with Crippen molar-refractivity contribution in [3.63, 3.8) is 0 Å². The molecule has 4 aromatic rings. The van der Waals surface area contributed by atoms with Crippen LogP contribution in [0.4, 0.5) is 0 Å². The fraction of sp³-hybridized carbons (Fsp3) is 0.395. The van der Waals surface area contributed by atoms with Crippen LogP contribution in [-0.4, -0.2) is 34.0 Å². The highest BCUT2D eigenvalue weighted by Gasteiger charge is 2.48. The molecule has 4 rings (SSSR count).